The summed E-state index contributed by atoms with van der Waals surface area (Å²) in [5.41, 5.74) is 2.08. The Balaban J connectivity index is 1.59. The van der Waals surface area contributed by atoms with Gasteiger partial charge in [0.1, 0.15) is 0 Å². The summed E-state index contributed by atoms with van der Waals surface area (Å²) >= 11 is 12.5. The van der Waals surface area contributed by atoms with E-state index < -0.39 is 12.0 Å². The van der Waals surface area contributed by atoms with Crippen molar-refractivity contribution in [3.63, 3.8) is 0 Å². The summed E-state index contributed by atoms with van der Waals surface area (Å²) in [6, 6.07) is 13.0. The third kappa shape index (κ3) is 5.51. The van der Waals surface area contributed by atoms with Crippen molar-refractivity contribution in [3.05, 3.63) is 81.0 Å². The highest BCUT2D eigenvalue weighted by molar-refractivity contribution is 6.35. The largest absolute Gasteiger partial charge is 0.463 e. The molecule has 0 saturated carbocycles. The first-order chi connectivity index (χ1) is 17.3. The molecular weight excluding hydrogens is 503 g/mol. The first kappa shape index (κ1) is 26.0. The third-order valence-corrected chi connectivity index (χ3v) is 6.96. The van der Waals surface area contributed by atoms with Gasteiger partial charge in [-0.25, -0.2) is 9.59 Å². The number of piperazine rings is 1. The van der Waals surface area contributed by atoms with E-state index >= 15 is 0 Å². The fraction of sp³-hybridized carbons (Fsp3) is 0.346. The second-order valence-electron chi connectivity index (χ2n) is 8.62. The number of esters is 1. The van der Waals surface area contributed by atoms with Gasteiger partial charge in [0.15, 0.2) is 0 Å². The van der Waals surface area contributed by atoms with Crippen LogP contribution in [0.15, 0.2) is 59.8 Å². The van der Waals surface area contributed by atoms with Crippen LogP contribution in [-0.2, 0) is 9.53 Å². The lowest BCUT2D eigenvalue weighted by Crippen LogP contribution is -2.53. The van der Waals surface area contributed by atoms with E-state index in [0.717, 1.165) is 0 Å². The van der Waals surface area contributed by atoms with Gasteiger partial charge in [0.2, 0.25) is 0 Å². The molecule has 1 atom stereocenters. The number of halogens is 2. The number of carbonyl (C=O) groups excluding carboxylic acids is 3. The quantitative estimate of drug-likeness (QED) is 0.571. The lowest BCUT2D eigenvalue weighted by atomic mass is 9.94. The zero-order chi connectivity index (χ0) is 25.8. The van der Waals surface area contributed by atoms with Crippen LogP contribution in [0.3, 0.4) is 0 Å². The highest BCUT2D eigenvalue weighted by Gasteiger charge is 2.38. The summed E-state index contributed by atoms with van der Waals surface area (Å²) in [4.78, 5) is 44.3. The van der Waals surface area contributed by atoms with Crippen LogP contribution in [0.2, 0.25) is 10.0 Å². The van der Waals surface area contributed by atoms with Gasteiger partial charge in [-0.2, -0.15) is 0 Å². The maximum Gasteiger partial charge on any atom is 0.338 e. The van der Waals surface area contributed by atoms with Crippen LogP contribution in [0.25, 0.3) is 0 Å². The van der Waals surface area contributed by atoms with Crippen molar-refractivity contribution >= 4 is 41.1 Å². The standard InChI is InChI=1S/C26H28Cl2N4O4/c1-3-36-25(34)22-21(30(2)26(35)29-23(22)19-10-9-18(27)15-20(19)28)16-31-11-13-32(14-12-31)24(33)17-7-5-4-6-8-17/h4-10,15,23H,3,11-14,16H2,1-2H3,(H,29,35)/t23-/m0/s1. The molecule has 0 aromatic heterocycles. The lowest BCUT2D eigenvalue weighted by Gasteiger charge is -2.39. The Kier molecular flexibility index (Phi) is 8.18. The smallest absolute Gasteiger partial charge is 0.338 e. The summed E-state index contributed by atoms with van der Waals surface area (Å²) in [6.07, 6.45) is 0. The minimum absolute atomic E-state index is 0.00622. The summed E-state index contributed by atoms with van der Waals surface area (Å²) in [5.74, 6) is -0.526. The van der Waals surface area contributed by atoms with Crippen LogP contribution in [0.4, 0.5) is 4.79 Å². The first-order valence-corrected chi connectivity index (χ1v) is 12.5. The van der Waals surface area contributed by atoms with Crippen LogP contribution in [0.1, 0.15) is 28.9 Å². The van der Waals surface area contributed by atoms with Gasteiger partial charge in [0.25, 0.3) is 5.91 Å². The highest BCUT2D eigenvalue weighted by atomic mass is 35.5. The Morgan fingerprint density at radius 1 is 1.06 bits per heavy atom. The van der Waals surface area contributed by atoms with Crippen LogP contribution >= 0.6 is 23.2 Å². The molecule has 0 bridgehead atoms. The molecule has 0 radical (unpaired) electrons. The topological polar surface area (TPSA) is 82.2 Å². The normalized spacial score (nSPS) is 18.8. The molecule has 10 heteroatoms. The van der Waals surface area contributed by atoms with Crippen molar-refractivity contribution in [2.45, 2.75) is 13.0 Å². The van der Waals surface area contributed by atoms with E-state index in [1.807, 2.05) is 35.2 Å². The van der Waals surface area contributed by atoms with E-state index in [1.165, 1.54) is 4.90 Å². The van der Waals surface area contributed by atoms with Gasteiger partial charge in [-0.05, 0) is 36.8 Å². The molecule has 8 nitrogen and oxygen atoms in total. The summed E-state index contributed by atoms with van der Waals surface area (Å²) < 4.78 is 5.38. The average Bonchev–Trinajstić information content (AvgIpc) is 2.87. The van der Waals surface area contributed by atoms with Gasteiger partial charge in [-0.15, -0.1) is 0 Å². The summed E-state index contributed by atoms with van der Waals surface area (Å²) in [5, 5.41) is 3.66. The van der Waals surface area contributed by atoms with Crippen molar-refractivity contribution < 1.29 is 19.1 Å². The van der Waals surface area contributed by atoms with E-state index in [0.29, 0.717) is 65.2 Å². The zero-order valence-corrected chi connectivity index (χ0v) is 21.7. The van der Waals surface area contributed by atoms with Crippen molar-refractivity contribution in [2.75, 3.05) is 46.4 Å². The molecule has 2 aromatic carbocycles. The number of carbonyl (C=O) groups is 3. The second kappa shape index (κ2) is 11.3. The number of likely N-dealkylation sites (N-methyl/N-ethyl adjacent to an activating group) is 1. The van der Waals surface area contributed by atoms with Gasteiger partial charge in [0.05, 0.1) is 18.2 Å². The molecule has 0 aliphatic carbocycles. The molecule has 0 spiro atoms. The molecular formula is C26H28Cl2N4O4. The predicted octanol–water partition coefficient (Wildman–Crippen LogP) is 3.96. The van der Waals surface area contributed by atoms with Gasteiger partial charge in [0, 0.05) is 61.1 Å². The number of benzene rings is 2. The fourth-order valence-electron chi connectivity index (χ4n) is 4.45. The number of ether oxygens (including phenoxy) is 1. The highest BCUT2D eigenvalue weighted by Crippen LogP contribution is 2.36. The Morgan fingerprint density at radius 2 is 1.75 bits per heavy atom. The van der Waals surface area contributed by atoms with Gasteiger partial charge in [-0.3, -0.25) is 14.6 Å². The number of nitrogens with zero attached hydrogens (tertiary/aromatic N) is 3. The molecule has 36 heavy (non-hydrogen) atoms. The third-order valence-electron chi connectivity index (χ3n) is 6.40. The Labute approximate surface area is 220 Å². The van der Waals surface area contributed by atoms with E-state index in [9.17, 15) is 14.4 Å². The Morgan fingerprint density at radius 3 is 2.39 bits per heavy atom. The maximum absolute atomic E-state index is 13.2. The molecule has 4 rings (SSSR count). The zero-order valence-electron chi connectivity index (χ0n) is 20.2. The van der Waals surface area contributed by atoms with Crippen molar-refractivity contribution in [1.82, 2.24) is 20.0 Å². The second-order valence-corrected chi connectivity index (χ2v) is 9.47. The molecule has 2 aromatic rings. The minimum atomic E-state index is -0.784. The molecule has 1 saturated heterocycles. The predicted molar refractivity (Wildman–Crippen MR) is 138 cm³/mol. The van der Waals surface area contributed by atoms with Crippen LogP contribution < -0.4 is 5.32 Å². The van der Waals surface area contributed by atoms with E-state index in [4.69, 9.17) is 27.9 Å². The Hall–Kier alpha value is -3.07. The summed E-state index contributed by atoms with van der Waals surface area (Å²) in [7, 11) is 1.62. The summed E-state index contributed by atoms with van der Waals surface area (Å²) in [6.45, 7) is 4.54. The van der Waals surface area contributed by atoms with E-state index in [2.05, 4.69) is 10.2 Å². The average molecular weight is 531 g/mol. The van der Waals surface area contributed by atoms with Crippen LogP contribution in [-0.4, -0.2) is 79.0 Å². The molecule has 1 N–H and O–H groups in total. The van der Waals surface area contributed by atoms with Gasteiger partial charge < -0.3 is 15.0 Å². The number of amides is 3. The molecule has 0 unspecified atom stereocenters. The fourth-order valence-corrected chi connectivity index (χ4v) is 4.97. The molecule has 3 amide bonds. The minimum Gasteiger partial charge on any atom is -0.463 e. The number of rotatable bonds is 6. The van der Waals surface area contributed by atoms with Crippen molar-refractivity contribution in [2.24, 2.45) is 0 Å². The number of hydrogen-bond acceptors (Lipinski definition) is 5. The molecule has 2 aliphatic rings. The van der Waals surface area contributed by atoms with Crippen molar-refractivity contribution in [1.29, 1.82) is 0 Å². The molecule has 2 aliphatic heterocycles. The van der Waals surface area contributed by atoms with Crippen molar-refractivity contribution in [3.8, 4) is 0 Å². The van der Waals surface area contributed by atoms with E-state index in [-0.39, 0.29) is 18.5 Å². The SMILES string of the molecule is CCOC(=O)C1=C(CN2CCN(C(=O)c3ccccc3)CC2)N(C)C(=O)N[C@H]1c1ccc(Cl)cc1Cl. The number of nitrogens with one attached hydrogen (secondary N) is 1. The molecule has 190 valence electrons. The number of urea groups is 1. The monoisotopic (exact) mass is 530 g/mol. The van der Waals surface area contributed by atoms with Gasteiger partial charge in [-0.1, -0.05) is 47.5 Å². The van der Waals surface area contributed by atoms with Crippen LogP contribution in [0, 0.1) is 0 Å². The molecule has 2 heterocycles. The first-order valence-electron chi connectivity index (χ1n) is 11.8. The van der Waals surface area contributed by atoms with Crippen LogP contribution in [0.5, 0.6) is 0 Å². The van der Waals surface area contributed by atoms with Gasteiger partial charge >= 0.3 is 12.0 Å². The Bertz CT molecular complexity index is 1180. The maximum atomic E-state index is 13.2. The van der Waals surface area contributed by atoms with E-state index in [1.54, 1.807) is 32.2 Å². The lowest BCUT2D eigenvalue weighted by molar-refractivity contribution is -0.139. The molecule has 1 fully saturated rings. The number of hydrogen-bond donors (Lipinski definition) is 1.